The van der Waals surface area contributed by atoms with Crippen LogP contribution in [0, 0.1) is 0 Å². The number of benzene rings is 1. The highest BCUT2D eigenvalue weighted by Crippen LogP contribution is 2.31. The van der Waals surface area contributed by atoms with Crippen molar-refractivity contribution in [2.75, 3.05) is 40.3 Å². The van der Waals surface area contributed by atoms with Crippen molar-refractivity contribution < 1.29 is 4.74 Å². The predicted molar refractivity (Wildman–Crippen MR) is 80.1 cm³/mol. The van der Waals surface area contributed by atoms with Crippen molar-refractivity contribution in [2.24, 2.45) is 10.7 Å². The van der Waals surface area contributed by atoms with Gasteiger partial charge in [-0.15, -0.1) is 0 Å². The van der Waals surface area contributed by atoms with Crippen LogP contribution in [0.15, 0.2) is 23.2 Å². The third-order valence-corrected chi connectivity index (χ3v) is 3.98. The number of rotatable bonds is 4. The molecule has 20 heavy (non-hydrogen) atoms. The summed E-state index contributed by atoms with van der Waals surface area (Å²) in [7, 11) is 4.15. The fraction of sp³-hybridized carbons (Fsp3) is 0.533. The van der Waals surface area contributed by atoms with Crippen molar-refractivity contribution in [3.05, 3.63) is 29.3 Å². The summed E-state index contributed by atoms with van der Waals surface area (Å²) in [6, 6.07) is 6.74. The average molecular weight is 274 g/mol. The zero-order valence-corrected chi connectivity index (χ0v) is 12.2. The Morgan fingerprint density at radius 3 is 3.10 bits per heavy atom. The zero-order chi connectivity index (χ0) is 14.1. The molecule has 0 radical (unpaired) electrons. The van der Waals surface area contributed by atoms with Gasteiger partial charge in [0.15, 0.2) is 5.96 Å². The SMILES string of the molecule is CN(C)CCN1C(N)=NCC1c1ccc2c(c1)CCO2. The first-order chi connectivity index (χ1) is 9.65. The lowest BCUT2D eigenvalue weighted by Crippen LogP contribution is -2.40. The number of aliphatic imine (C=N–C) groups is 1. The van der Waals surface area contributed by atoms with Gasteiger partial charge in [0, 0.05) is 19.5 Å². The standard InChI is InChI=1S/C15H22N4O/c1-18(2)6-7-19-13(10-17-15(19)16)11-3-4-14-12(9-11)5-8-20-14/h3-4,9,13H,5-8,10H2,1-2H3,(H2,16,17). The monoisotopic (exact) mass is 274 g/mol. The number of nitrogens with zero attached hydrogens (tertiary/aromatic N) is 3. The maximum atomic E-state index is 6.04. The highest BCUT2D eigenvalue weighted by molar-refractivity contribution is 5.80. The van der Waals surface area contributed by atoms with Gasteiger partial charge in [-0.3, -0.25) is 4.99 Å². The summed E-state index contributed by atoms with van der Waals surface area (Å²) in [5.74, 6) is 1.69. The predicted octanol–water partition coefficient (Wildman–Crippen LogP) is 0.855. The first-order valence-electron chi connectivity index (χ1n) is 7.12. The fourth-order valence-electron chi connectivity index (χ4n) is 2.81. The van der Waals surface area contributed by atoms with E-state index in [0.717, 1.165) is 38.4 Å². The van der Waals surface area contributed by atoms with E-state index < -0.39 is 0 Å². The molecule has 0 fully saturated rings. The molecule has 2 heterocycles. The molecule has 0 spiro atoms. The van der Waals surface area contributed by atoms with Crippen LogP contribution in [0.1, 0.15) is 17.2 Å². The third-order valence-electron chi connectivity index (χ3n) is 3.98. The second-order valence-electron chi connectivity index (χ2n) is 5.68. The Balaban J connectivity index is 1.78. The Morgan fingerprint density at radius 1 is 1.45 bits per heavy atom. The van der Waals surface area contributed by atoms with E-state index in [0.29, 0.717) is 5.96 Å². The summed E-state index contributed by atoms with van der Waals surface area (Å²) in [6.45, 7) is 3.42. The van der Waals surface area contributed by atoms with E-state index in [9.17, 15) is 0 Å². The van der Waals surface area contributed by atoms with Crippen LogP contribution in [0.2, 0.25) is 0 Å². The molecular formula is C15H22N4O. The fourth-order valence-corrected chi connectivity index (χ4v) is 2.81. The molecule has 1 unspecified atom stereocenters. The van der Waals surface area contributed by atoms with Crippen LogP contribution >= 0.6 is 0 Å². The molecule has 0 aliphatic carbocycles. The first kappa shape index (κ1) is 13.2. The van der Waals surface area contributed by atoms with Crippen molar-refractivity contribution in [3.8, 4) is 5.75 Å². The Hall–Kier alpha value is -1.75. The zero-order valence-electron chi connectivity index (χ0n) is 12.2. The summed E-state index contributed by atoms with van der Waals surface area (Å²) in [6.07, 6.45) is 1.00. The van der Waals surface area contributed by atoms with E-state index in [2.05, 4.69) is 47.1 Å². The molecule has 5 heteroatoms. The van der Waals surface area contributed by atoms with Crippen LogP contribution in [-0.2, 0) is 6.42 Å². The summed E-state index contributed by atoms with van der Waals surface area (Å²) in [4.78, 5) is 8.79. The van der Waals surface area contributed by atoms with Gasteiger partial charge >= 0.3 is 0 Å². The number of fused-ring (bicyclic) bond motifs is 1. The van der Waals surface area contributed by atoms with Gasteiger partial charge in [-0.05, 0) is 37.4 Å². The topological polar surface area (TPSA) is 54.1 Å². The van der Waals surface area contributed by atoms with Crippen molar-refractivity contribution in [1.29, 1.82) is 0 Å². The van der Waals surface area contributed by atoms with Crippen LogP contribution in [0.3, 0.4) is 0 Å². The van der Waals surface area contributed by atoms with E-state index in [4.69, 9.17) is 10.5 Å². The molecule has 2 aliphatic rings. The van der Waals surface area contributed by atoms with E-state index in [1.54, 1.807) is 0 Å². The highest BCUT2D eigenvalue weighted by atomic mass is 16.5. The third kappa shape index (κ3) is 2.45. The van der Waals surface area contributed by atoms with Crippen molar-refractivity contribution in [3.63, 3.8) is 0 Å². The van der Waals surface area contributed by atoms with Gasteiger partial charge in [-0.2, -0.15) is 0 Å². The molecule has 0 bridgehead atoms. The Labute approximate surface area is 120 Å². The van der Waals surface area contributed by atoms with Crippen LogP contribution in [-0.4, -0.2) is 56.1 Å². The molecule has 0 amide bonds. The van der Waals surface area contributed by atoms with Gasteiger partial charge in [0.05, 0.1) is 19.2 Å². The van der Waals surface area contributed by atoms with Crippen LogP contribution in [0.5, 0.6) is 5.75 Å². The molecule has 0 saturated heterocycles. The minimum absolute atomic E-state index is 0.265. The Morgan fingerprint density at radius 2 is 2.30 bits per heavy atom. The molecule has 108 valence electrons. The van der Waals surface area contributed by atoms with Gasteiger partial charge in [0.25, 0.3) is 0 Å². The van der Waals surface area contributed by atoms with Crippen LogP contribution in [0.25, 0.3) is 0 Å². The number of hydrogen-bond donors (Lipinski definition) is 1. The molecule has 1 atom stereocenters. The lowest BCUT2D eigenvalue weighted by molar-refractivity contribution is 0.293. The summed E-state index contributed by atoms with van der Waals surface area (Å²) >= 11 is 0. The van der Waals surface area contributed by atoms with Crippen molar-refractivity contribution >= 4 is 5.96 Å². The second kappa shape index (κ2) is 5.32. The van der Waals surface area contributed by atoms with Crippen LogP contribution < -0.4 is 10.5 Å². The number of hydrogen-bond acceptors (Lipinski definition) is 5. The van der Waals surface area contributed by atoms with Gasteiger partial charge < -0.3 is 20.3 Å². The Bertz CT molecular complexity index is 527. The van der Waals surface area contributed by atoms with Gasteiger partial charge in [0.1, 0.15) is 5.75 Å². The Kier molecular flexibility index (Phi) is 3.53. The molecular weight excluding hydrogens is 252 g/mol. The van der Waals surface area contributed by atoms with Crippen molar-refractivity contribution in [2.45, 2.75) is 12.5 Å². The number of ether oxygens (including phenoxy) is 1. The van der Waals surface area contributed by atoms with Crippen LogP contribution in [0.4, 0.5) is 0 Å². The van der Waals surface area contributed by atoms with Crippen molar-refractivity contribution in [1.82, 2.24) is 9.80 Å². The maximum Gasteiger partial charge on any atom is 0.191 e. The molecule has 2 N–H and O–H groups in total. The molecule has 1 aromatic carbocycles. The lowest BCUT2D eigenvalue weighted by atomic mass is 10.0. The molecule has 5 nitrogen and oxygen atoms in total. The summed E-state index contributed by atoms with van der Waals surface area (Å²) in [5, 5.41) is 0. The normalized spacial score (nSPS) is 21.1. The van der Waals surface area contributed by atoms with E-state index >= 15 is 0 Å². The molecule has 1 aromatic rings. The number of guanidine groups is 1. The highest BCUT2D eigenvalue weighted by Gasteiger charge is 2.28. The minimum atomic E-state index is 0.265. The maximum absolute atomic E-state index is 6.04. The molecule has 0 aromatic heterocycles. The number of likely N-dealkylation sites (N-methyl/N-ethyl adjacent to an activating group) is 1. The summed E-state index contributed by atoms with van der Waals surface area (Å²) in [5.41, 5.74) is 8.63. The van der Waals surface area contributed by atoms with Gasteiger partial charge in [-0.25, -0.2) is 0 Å². The largest absolute Gasteiger partial charge is 0.493 e. The first-order valence-corrected chi connectivity index (χ1v) is 7.12. The number of nitrogens with two attached hydrogens (primary N) is 1. The lowest BCUT2D eigenvalue weighted by Gasteiger charge is -2.28. The van der Waals surface area contributed by atoms with E-state index in [1.807, 2.05) is 0 Å². The molecule has 3 rings (SSSR count). The second-order valence-corrected chi connectivity index (χ2v) is 5.68. The van der Waals surface area contributed by atoms with E-state index in [-0.39, 0.29) is 6.04 Å². The van der Waals surface area contributed by atoms with Gasteiger partial charge in [-0.1, -0.05) is 6.07 Å². The molecule has 2 aliphatic heterocycles. The summed E-state index contributed by atoms with van der Waals surface area (Å²) < 4.78 is 5.57. The average Bonchev–Trinajstić information content (AvgIpc) is 3.01. The smallest absolute Gasteiger partial charge is 0.191 e. The van der Waals surface area contributed by atoms with E-state index in [1.165, 1.54) is 11.1 Å². The quantitative estimate of drug-likeness (QED) is 0.884. The van der Waals surface area contributed by atoms with Gasteiger partial charge in [0.2, 0.25) is 0 Å². The molecule has 0 saturated carbocycles. The minimum Gasteiger partial charge on any atom is -0.493 e.